The van der Waals surface area contributed by atoms with E-state index in [-0.39, 0.29) is 11.0 Å². The van der Waals surface area contributed by atoms with Gasteiger partial charge in [-0.3, -0.25) is 4.90 Å². The molecule has 0 saturated heterocycles. The summed E-state index contributed by atoms with van der Waals surface area (Å²) in [7, 11) is -3.18. The molecule has 1 rings (SSSR count). The third-order valence-electron chi connectivity index (χ3n) is 4.48. The average molecular weight is 319 g/mol. The van der Waals surface area contributed by atoms with E-state index in [1.807, 2.05) is 20.8 Å². The second-order valence-corrected chi connectivity index (χ2v) is 10.4. The number of sulfonamides is 1. The van der Waals surface area contributed by atoms with Crippen LogP contribution in [0.15, 0.2) is 0 Å². The standard InChI is InChI=1S/C16H34N2O2S/c1-13(15(2,3)4)17(14-9-10-14)11-12-18(16(5,6)7)21(8,19)20/h13-14H,9-12H2,1-8H3. The van der Waals surface area contributed by atoms with E-state index >= 15 is 0 Å². The van der Waals surface area contributed by atoms with Crippen LogP contribution in [0.25, 0.3) is 0 Å². The van der Waals surface area contributed by atoms with E-state index in [4.69, 9.17) is 0 Å². The zero-order valence-corrected chi connectivity index (χ0v) is 15.9. The Balaban J connectivity index is 2.81. The number of hydrogen-bond acceptors (Lipinski definition) is 3. The van der Waals surface area contributed by atoms with Gasteiger partial charge in [0.25, 0.3) is 0 Å². The lowest BCUT2D eigenvalue weighted by Crippen LogP contribution is -2.51. The van der Waals surface area contributed by atoms with Crippen LogP contribution in [0.4, 0.5) is 0 Å². The van der Waals surface area contributed by atoms with Gasteiger partial charge < -0.3 is 0 Å². The predicted octanol–water partition coefficient (Wildman–Crippen LogP) is 2.95. The van der Waals surface area contributed by atoms with Crippen molar-refractivity contribution in [1.82, 2.24) is 9.21 Å². The minimum absolute atomic E-state index is 0.209. The maximum atomic E-state index is 12.1. The lowest BCUT2D eigenvalue weighted by molar-refractivity contribution is 0.0916. The fourth-order valence-electron chi connectivity index (χ4n) is 2.80. The predicted molar refractivity (Wildman–Crippen MR) is 89.9 cm³/mol. The smallest absolute Gasteiger partial charge is 0.211 e. The molecule has 0 N–H and O–H groups in total. The van der Waals surface area contributed by atoms with Crippen molar-refractivity contribution in [2.75, 3.05) is 19.3 Å². The zero-order valence-electron chi connectivity index (χ0n) is 15.1. The van der Waals surface area contributed by atoms with E-state index in [9.17, 15) is 8.42 Å². The second-order valence-electron chi connectivity index (χ2n) is 8.52. The van der Waals surface area contributed by atoms with Crippen LogP contribution in [-0.4, -0.2) is 54.6 Å². The van der Waals surface area contributed by atoms with Crippen LogP contribution in [0.2, 0.25) is 0 Å². The molecule has 1 atom stereocenters. The summed E-state index contributed by atoms with van der Waals surface area (Å²) in [5.74, 6) is 0. The molecule has 0 heterocycles. The topological polar surface area (TPSA) is 40.6 Å². The number of hydrogen-bond donors (Lipinski definition) is 0. The van der Waals surface area contributed by atoms with Crippen LogP contribution in [0.1, 0.15) is 61.3 Å². The molecule has 126 valence electrons. The molecule has 0 aromatic heterocycles. The van der Waals surface area contributed by atoms with Gasteiger partial charge in [-0.15, -0.1) is 0 Å². The normalized spacial score (nSPS) is 19.3. The number of nitrogens with zero attached hydrogens (tertiary/aromatic N) is 2. The maximum absolute atomic E-state index is 12.1. The molecule has 0 aromatic carbocycles. The van der Waals surface area contributed by atoms with E-state index in [0.29, 0.717) is 18.6 Å². The number of rotatable bonds is 6. The largest absolute Gasteiger partial charge is 0.296 e. The molecule has 0 bridgehead atoms. The molecule has 1 aliphatic carbocycles. The summed E-state index contributed by atoms with van der Waals surface area (Å²) in [5, 5.41) is 0. The lowest BCUT2D eigenvalue weighted by atomic mass is 9.86. The molecule has 0 spiro atoms. The van der Waals surface area contributed by atoms with Crippen molar-refractivity contribution in [2.24, 2.45) is 5.41 Å². The third-order valence-corrected chi connectivity index (χ3v) is 6.01. The van der Waals surface area contributed by atoms with Crippen molar-refractivity contribution in [3.8, 4) is 0 Å². The van der Waals surface area contributed by atoms with Gasteiger partial charge in [-0.1, -0.05) is 20.8 Å². The molecule has 0 radical (unpaired) electrons. The fourth-order valence-corrected chi connectivity index (χ4v) is 4.21. The van der Waals surface area contributed by atoms with Gasteiger partial charge in [0.15, 0.2) is 0 Å². The molecule has 21 heavy (non-hydrogen) atoms. The first-order valence-corrected chi connectivity index (χ1v) is 9.83. The van der Waals surface area contributed by atoms with Crippen molar-refractivity contribution >= 4 is 10.0 Å². The Morgan fingerprint density at radius 2 is 1.52 bits per heavy atom. The first-order chi connectivity index (χ1) is 9.24. The highest BCUT2D eigenvalue weighted by atomic mass is 32.2. The molecule has 1 aliphatic rings. The summed E-state index contributed by atoms with van der Waals surface area (Å²) in [4.78, 5) is 2.50. The Hall–Kier alpha value is -0.130. The van der Waals surface area contributed by atoms with Gasteiger partial charge in [-0.2, -0.15) is 4.31 Å². The third kappa shape index (κ3) is 5.53. The van der Waals surface area contributed by atoms with Crippen molar-refractivity contribution < 1.29 is 8.42 Å². The molecule has 5 heteroatoms. The van der Waals surface area contributed by atoms with Crippen LogP contribution < -0.4 is 0 Å². The Bertz CT molecular complexity index is 442. The first kappa shape index (κ1) is 18.9. The van der Waals surface area contributed by atoms with Crippen molar-refractivity contribution in [3.63, 3.8) is 0 Å². The molecular weight excluding hydrogens is 284 g/mol. The Morgan fingerprint density at radius 1 is 1.05 bits per heavy atom. The summed E-state index contributed by atoms with van der Waals surface area (Å²) in [5.41, 5.74) is -0.159. The monoisotopic (exact) mass is 318 g/mol. The van der Waals surface area contributed by atoms with Crippen molar-refractivity contribution in [2.45, 2.75) is 78.9 Å². The summed E-state index contributed by atoms with van der Waals surface area (Å²) in [6, 6.07) is 1.09. The molecule has 4 nitrogen and oxygen atoms in total. The zero-order chi connectivity index (χ0) is 16.6. The fraction of sp³-hybridized carbons (Fsp3) is 1.00. The van der Waals surface area contributed by atoms with Crippen LogP contribution in [0.5, 0.6) is 0 Å². The molecule has 0 aromatic rings. The van der Waals surface area contributed by atoms with Crippen LogP contribution in [0, 0.1) is 5.41 Å². The van der Waals surface area contributed by atoms with Gasteiger partial charge in [0.05, 0.1) is 6.26 Å². The van der Waals surface area contributed by atoms with E-state index in [0.717, 1.165) is 6.54 Å². The van der Waals surface area contributed by atoms with Crippen LogP contribution in [-0.2, 0) is 10.0 Å². The van der Waals surface area contributed by atoms with Gasteiger partial charge in [-0.25, -0.2) is 8.42 Å². The molecular formula is C16H34N2O2S. The van der Waals surface area contributed by atoms with E-state index in [1.165, 1.54) is 19.1 Å². The van der Waals surface area contributed by atoms with E-state index in [1.54, 1.807) is 4.31 Å². The summed E-state index contributed by atoms with van der Waals surface area (Å²) in [6.45, 7) is 16.3. The summed E-state index contributed by atoms with van der Waals surface area (Å²) >= 11 is 0. The summed E-state index contributed by atoms with van der Waals surface area (Å²) in [6.07, 6.45) is 3.80. The van der Waals surface area contributed by atoms with Crippen LogP contribution >= 0.6 is 0 Å². The molecule has 1 saturated carbocycles. The quantitative estimate of drug-likeness (QED) is 0.756. The van der Waals surface area contributed by atoms with Crippen molar-refractivity contribution in [1.29, 1.82) is 0 Å². The average Bonchev–Trinajstić information content (AvgIpc) is 3.01. The van der Waals surface area contributed by atoms with E-state index < -0.39 is 10.0 Å². The molecule has 0 aliphatic heterocycles. The molecule has 1 unspecified atom stereocenters. The molecule has 1 fully saturated rings. The summed E-state index contributed by atoms with van der Waals surface area (Å²) < 4.78 is 25.7. The van der Waals surface area contributed by atoms with Gasteiger partial charge in [0.2, 0.25) is 10.0 Å². The van der Waals surface area contributed by atoms with Gasteiger partial charge >= 0.3 is 0 Å². The second kappa shape index (κ2) is 6.17. The molecule has 0 amide bonds. The SMILES string of the molecule is CC(N(CCN(C(C)(C)C)S(C)(=O)=O)C1CC1)C(C)(C)C. The van der Waals surface area contributed by atoms with E-state index in [2.05, 4.69) is 32.6 Å². The maximum Gasteiger partial charge on any atom is 0.211 e. The minimum atomic E-state index is -3.18. The highest BCUT2D eigenvalue weighted by molar-refractivity contribution is 7.88. The minimum Gasteiger partial charge on any atom is -0.296 e. The Morgan fingerprint density at radius 3 is 1.81 bits per heavy atom. The lowest BCUT2D eigenvalue weighted by Gasteiger charge is -2.40. The van der Waals surface area contributed by atoms with Gasteiger partial charge in [0.1, 0.15) is 0 Å². The Labute approximate surface area is 131 Å². The first-order valence-electron chi connectivity index (χ1n) is 7.98. The van der Waals surface area contributed by atoms with Gasteiger partial charge in [-0.05, 0) is 46.0 Å². The highest BCUT2D eigenvalue weighted by Gasteiger charge is 2.38. The van der Waals surface area contributed by atoms with Crippen LogP contribution in [0.3, 0.4) is 0 Å². The van der Waals surface area contributed by atoms with Crippen molar-refractivity contribution in [3.05, 3.63) is 0 Å². The highest BCUT2D eigenvalue weighted by Crippen LogP contribution is 2.34. The van der Waals surface area contributed by atoms with Gasteiger partial charge in [0, 0.05) is 30.7 Å². The Kier molecular flexibility index (Phi) is 5.56.